The number of amides is 1. The number of nitrogens with one attached hydrogen (secondary N) is 1. The first-order valence-electron chi connectivity index (χ1n) is 8.65. The number of imidazole rings is 1. The van der Waals surface area contributed by atoms with Gasteiger partial charge in [0.05, 0.1) is 5.69 Å². The van der Waals surface area contributed by atoms with E-state index in [1.165, 1.54) is 0 Å². The van der Waals surface area contributed by atoms with Crippen molar-refractivity contribution in [3.8, 4) is 0 Å². The molecule has 0 saturated heterocycles. The fraction of sp³-hybridized carbons (Fsp3) is 0.647. The third kappa shape index (κ3) is 4.01. The maximum Gasteiger partial charge on any atom is 0.226 e. The fourth-order valence-corrected chi connectivity index (χ4v) is 3.01. The molecule has 24 heavy (non-hydrogen) atoms. The average molecular weight is 331 g/mol. The van der Waals surface area contributed by atoms with Crippen molar-refractivity contribution >= 4 is 5.91 Å². The summed E-state index contributed by atoms with van der Waals surface area (Å²) in [4.78, 5) is 20.9. The van der Waals surface area contributed by atoms with Gasteiger partial charge in [-0.25, -0.2) is 4.98 Å². The van der Waals surface area contributed by atoms with Gasteiger partial charge in [-0.2, -0.15) is 4.98 Å². The van der Waals surface area contributed by atoms with Crippen LogP contribution < -0.4 is 5.32 Å². The molecule has 0 aliphatic carbocycles. The lowest BCUT2D eigenvalue weighted by molar-refractivity contribution is -0.122. The summed E-state index contributed by atoms with van der Waals surface area (Å²) in [5, 5.41) is 7.06. The second kappa shape index (κ2) is 7.15. The topological polar surface area (TPSA) is 85.8 Å². The lowest BCUT2D eigenvalue weighted by Crippen LogP contribution is -2.40. The Kier molecular flexibility index (Phi) is 4.97. The number of aryl methyl sites for hydroxylation is 3. The Balaban J connectivity index is 1.41. The highest BCUT2D eigenvalue weighted by Crippen LogP contribution is 2.15. The van der Waals surface area contributed by atoms with Gasteiger partial charge in [0, 0.05) is 44.0 Å². The van der Waals surface area contributed by atoms with Crippen molar-refractivity contribution < 1.29 is 9.32 Å². The largest absolute Gasteiger partial charge is 0.352 e. The highest BCUT2D eigenvalue weighted by Gasteiger charge is 2.21. The number of hydrogen-bond acceptors (Lipinski definition) is 5. The van der Waals surface area contributed by atoms with E-state index < -0.39 is 0 Å². The van der Waals surface area contributed by atoms with Gasteiger partial charge in [0.2, 0.25) is 11.8 Å². The van der Waals surface area contributed by atoms with Crippen molar-refractivity contribution in [2.45, 2.75) is 71.4 Å². The van der Waals surface area contributed by atoms with Crippen LogP contribution in [0.5, 0.6) is 0 Å². The molecule has 1 amide bonds. The predicted octanol–water partition coefficient (Wildman–Crippen LogP) is 2.15. The number of carbonyl (C=O) groups excluding carboxylic acids is 1. The quantitative estimate of drug-likeness (QED) is 0.876. The van der Waals surface area contributed by atoms with E-state index in [4.69, 9.17) is 4.52 Å². The van der Waals surface area contributed by atoms with Crippen LogP contribution in [-0.4, -0.2) is 31.6 Å². The van der Waals surface area contributed by atoms with E-state index in [-0.39, 0.29) is 17.9 Å². The molecule has 7 nitrogen and oxygen atoms in total. The molecule has 0 radical (unpaired) electrons. The minimum Gasteiger partial charge on any atom is -0.352 e. The third-order valence-electron chi connectivity index (χ3n) is 4.27. The van der Waals surface area contributed by atoms with E-state index in [2.05, 4.69) is 31.2 Å². The van der Waals surface area contributed by atoms with Gasteiger partial charge in [0.15, 0.2) is 5.82 Å². The minimum absolute atomic E-state index is 0.0869. The number of fused-ring (bicyclic) bond motifs is 1. The molecular weight excluding hydrogens is 306 g/mol. The van der Waals surface area contributed by atoms with Crippen molar-refractivity contribution in [2.24, 2.45) is 0 Å². The van der Waals surface area contributed by atoms with Gasteiger partial charge in [0.25, 0.3) is 0 Å². The van der Waals surface area contributed by atoms with Crippen LogP contribution in [0.15, 0.2) is 10.7 Å². The van der Waals surface area contributed by atoms with E-state index in [9.17, 15) is 4.79 Å². The number of carbonyl (C=O) groups is 1. The average Bonchev–Trinajstić information content (AvgIpc) is 3.12. The second-order valence-corrected chi connectivity index (χ2v) is 6.81. The number of rotatable bonds is 6. The Hall–Kier alpha value is -2.18. The van der Waals surface area contributed by atoms with Crippen LogP contribution in [0.2, 0.25) is 0 Å². The lowest BCUT2D eigenvalue weighted by Gasteiger charge is -2.24. The van der Waals surface area contributed by atoms with E-state index in [0.717, 1.165) is 36.7 Å². The first kappa shape index (κ1) is 16.7. The molecule has 0 saturated carbocycles. The Morgan fingerprint density at radius 2 is 2.29 bits per heavy atom. The molecule has 0 bridgehead atoms. The summed E-state index contributed by atoms with van der Waals surface area (Å²) in [6.45, 7) is 6.86. The first-order chi connectivity index (χ1) is 11.5. The summed E-state index contributed by atoms with van der Waals surface area (Å²) in [6, 6.07) is 0.189. The lowest BCUT2D eigenvalue weighted by atomic mass is 10.1. The van der Waals surface area contributed by atoms with Gasteiger partial charge in [-0.05, 0) is 19.8 Å². The van der Waals surface area contributed by atoms with Gasteiger partial charge in [-0.15, -0.1) is 0 Å². The molecule has 0 aromatic carbocycles. The number of nitrogens with zero attached hydrogens (tertiary/aromatic N) is 4. The molecule has 1 N–H and O–H groups in total. The monoisotopic (exact) mass is 331 g/mol. The fourth-order valence-electron chi connectivity index (χ4n) is 3.01. The normalized spacial score (nSPS) is 17.1. The summed E-state index contributed by atoms with van der Waals surface area (Å²) in [7, 11) is 0. The molecule has 130 valence electrons. The van der Waals surface area contributed by atoms with Crippen LogP contribution in [0.4, 0.5) is 0 Å². The first-order valence-corrected chi connectivity index (χ1v) is 8.65. The zero-order valence-electron chi connectivity index (χ0n) is 14.6. The molecular formula is C17H25N5O2. The van der Waals surface area contributed by atoms with Gasteiger partial charge in [-0.3, -0.25) is 4.79 Å². The van der Waals surface area contributed by atoms with Crippen LogP contribution in [0, 0.1) is 6.92 Å². The van der Waals surface area contributed by atoms with Crippen LogP contribution in [0.1, 0.15) is 62.3 Å². The van der Waals surface area contributed by atoms with Gasteiger partial charge in [0.1, 0.15) is 5.82 Å². The van der Waals surface area contributed by atoms with E-state index in [1.54, 1.807) is 0 Å². The summed E-state index contributed by atoms with van der Waals surface area (Å²) >= 11 is 0. The molecule has 0 unspecified atom stereocenters. The Bertz CT molecular complexity index is 704. The van der Waals surface area contributed by atoms with Crippen LogP contribution in [0.3, 0.4) is 0 Å². The molecule has 2 aromatic rings. The zero-order chi connectivity index (χ0) is 17.1. The van der Waals surface area contributed by atoms with Crippen LogP contribution in [-0.2, 0) is 24.2 Å². The predicted molar refractivity (Wildman–Crippen MR) is 88.5 cm³/mol. The molecule has 1 aliphatic heterocycles. The Labute approximate surface area is 141 Å². The molecule has 7 heteroatoms. The SMILES string of the molecule is Cc1cn2c(n1)CC[C@@H](NC(=O)CCCc1nc(C(C)C)no1)C2. The molecule has 1 aliphatic rings. The summed E-state index contributed by atoms with van der Waals surface area (Å²) in [6.07, 6.45) is 5.75. The molecule has 3 heterocycles. The Morgan fingerprint density at radius 1 is 1.46 bits per heavy atom. The molecule has 0 fully saturated rings. The Morgan fingerprint density at radius 3 is 3.04 bits per heavy atom. The van der Waals surface area contributed by atoms with Crippen molar-refractivity contribution in [1.29, 1.82) is 0 Å². The van der Waals surface area contributed by atoms with Crippen molar-refractivity contribution in [1.82, 2.24) is 25.0 Å². The number of hydrogen-bond donors (Lipinski definition) is 1. The maximum atomic E-state index is 12.1. The number of aromatic nitrogens is 4. The third-order valence-corrected chi connectivity index (χ3v) is 4.27. The minimum atomic E-state index is 0.0869. The maximum absolute atomic E-state index is 12.1. The molecule has 1 atom stereocenters. The highest BCUT2D eigenvalue weighted by molar-refractivity contribution is 5.76. The van der Waals surface area contributed by atoms with Crippen molar-refractivity contribution in [3.63, 3.8) is 0 Å². The van der Waals surface area contributed by atoms with Crippen LogP contribution >= 0.6 is 0 Å². The standard InChI is InChI=1S/C17H25N5O2/c1-11(2)17-20-16(24-21-17)6-4-5-15(23)19-13-7-8-14-18-12(3)9-22(14)10-13/h9,11,13H,4-8,10H2,1-3H3,(H,19,23)/t13-/m1/s1. The smallest absolute Gasteiger partial charge is 0.226 e. The highest BCUT2D eigenvalue weighted by atomic mass is 16.5. The van der Waals surface area contributed by atoms with Gasteiger partial charge >= 0.3 is 0 Å². The summed E-state index contributed by atoms with van der Waals surface area (Å²) in [5.41, 5.74) is 1.04. The molecule has 0 spiro atoms. The zero-order valence-corrected chi connectivity index (χ0v) is 14.6. The molecule has 3 rings (SSSR count). The second-order valence-electron chi connectivity index (χ2n) is 6.81. The summed E-state index contributed by atoms with van der Waals surface area (Å²) < 4.78 is 7.34. The van der Waals surface area contributed by atoms with Crippen molar-refractivity contribution in [2.75, 3.05) is 0 Å². The van der Waals surface area contributed by atoms with E-state index >= 15 is 0 Å². The van der Waals surface area contributed by atoms with Crippen LogP contribution in [0.25, 0.3) is 0 Å². The van der Waals surface area contributed by atoms with E-state index in [0.29, 0.717) is 25.2 Å². The van der Waals surface area contributed by atoms with Crippen molar-refractivity contribution in [3.05, 3.63) is 29.4 Å². The summed E-state index contributed by atoms with van der Waals surface area (Å²) in [5.74, 6) is 2.80. The molecule has 2 aromatic heterocycles. The van der Waals surface area contributed by atoms with E-state index in [1.807, 2.05) is 20.8 Å². The van der Waals surface area contributed by atoms with Gasteiger partial charge in [-0.1, -0.05) is 19.0 Å². The van der Waals surface area contributed by atoms with Gasteiger partial charge < -0.3 is 14.4 Å².